The normalized spacial score (nSPS) is 16.2. The molecule has 2 aromatic rings. The number of hydrogen-bond donors (Lipinski definition) is 1. The summed E-state index contributed by atoms with van der Waals surface area (Å²) < 4.78 is 1.07. The Balaban J connectivity index is 1.68. The zero-order chi connectivity index (χ0) is 17.1. The highest BCUT2D eigenvalue weighted by molar-refractivity contribution is 6.29. The molecule has 1 aliphatic rings. The Bertz CT molecular complexity index is 783. The lowest BCUT2D eigenvalue weighted by Gasteiger charge is -2.23. The second-order valence-corrected chi connectivity index (χ2v) is 6.35. The topological polar surface area (TPSA) is 74.2 Å². The predicted molar refractivity (Wildman–Crippen MR) is 93.7 cm³/mol. The van der Waals surface area contributed by atoms with Gasteiger partial charge >= 0.3 is 5.69 Å². The molecule has 8 heteroatoms. The third-order valence-electron chi connectivity index (χ3n) is 4.25. The molecule has 0 saturated carbocycles. The molecule has 0 atom stereocenters. The Morgan fingerprint density at radius 2 is 2.04 bits per heavy atom. The van der Waals surface area contributed by atoms with Crippen molar-refractivity contribution in [2.24, 2.45) is 7.05 Å². The molecular formula is C16H20ClN5O2. The quantitative estimate of drug-likeness (QED) is 0.831. The van der Waals surface area contributed by atoms with Crippen molar-refractivity contribution < 1.29 is 0 Å². The number of hydrogen-bond acceptors (Lipinski definition) is 5. The van der Waals surface area contributed by atoms with Crippen LogP contribution in [0.3, 0.4) is 0 Å². The molecule has 0 radical (unpaired) electrons. The number of nitrogens with zero attached hydrogens (tertiary/aromatic N) is 4. The number of pyridine rings is 1. The lowest BCUT2D eigenvalue weighted by atomic mass is 10.2. The highest BCUT2D eigenvalue weighted by Gasteiger charge is 2.17. The van der Waals surface area contributed by atoms with E-state index >= 15 is 0 Å². The van der Waals surface area contributed by atoms with Gasteiger partial charge in [-0.25, -0.2) is 9.78 Å². The van der Waals surface area contributed by atoms with Crippen LogP contribution in [0, 0.1) is 0 Å². The summed E-state index contributed by atoms with van der Waals surface area (Å²) in [7, 11) is 1.47. The summed E-state index contributed by atoms with van der Waals surface area (Å²) in [6.07, 6.45) is 2.75. The summed E-state index contributed by atoms with van der Waals surface area (Å²) in [6.45, 7) is 4.17. The van der Waals surface area contributed by atoms with Crippen LogP contribution < -0.4 is 16.1 Å². The van der Waals surface area contributed by atoms with E-state index < -0.39 is 0 Å². The maximum absolute atomic E-state index is 11.8. The Morgan fingerprint density at radius 3 is 2.75 bits per heavy atom. The van der Waals surface area contributed by atoms with Crippen molar-refractivity contribution in [3.05, 3.63) is 56.0 Å². The number of halogens is 1. The van der Waals surface area contributed by atoms with Crippen LogP contribution in [0.15, 0.2) is 34.0 Å². The highest BCUT2D eigenvalue weighted by Crippen LogP contribution is 2.13. The molecule has 24 heavy (non-hydrogen) atoms. The van der Waals surface area contributed by atoms with E-state index in [0.29, 0.717) is 11.0 Å². The van der Waals surface area contributed by atoms with Gasteiger partial charge in [0.15, 0.2) is 0 Å². The van der Waals surface area contributed by atoms with E-state index in [1.54, 1.807) is 12.3 Å². The summed E-state index contributed by atoms with van der Waals surface area (Å²) in [5.74, 6) is 0.595. The summed E-state index contributed by atoms with van der Waals surface area (Å²) in [5, 5.41) is 0.496. The van der Waals surface area contributed by atoms with Gasteiger partial charge in [-0.05, 0) is 18.1 Å². The maximum Gasteiger partial charge on any atom is 0.329 e. The third kappa shape index (κ3) is 3.85. The zero-order valence-corrected chi connectivity index (χ0v) is 14.3. The first-order valence-electron chi connectivity index (χ1n) is 7.91. The van der Waals surface area contributed by atoms with E-state index in [9.17, 15) is 9.59 Å². The van der Waals surface area contributed by atoms with Crippen molar-refractivity contribution in [3.8, 4) is 0 Å². The van der Waals surface area contributed by atoms with Gasteiger partial charge in [0, 0.05) is 52.0 Å². The molecule has 0 bridgehead atoms. The minimum atomic E-state index is -0.383. The van der Waals surface area contributed by atoms with Crippen molar-refractivity contribution in [2.75, 3.05) is 31.1 Å². The molecule has 0 amide bonds. The smallest absolute Gasteiger partial charge is 0.329 e. The van der Waals surface area contributed by atoms with Crippen molar-refractivity contribution in [2.45, 2.75) is 13.0 Å². The minimum Gasteiger partial charge on any atom is -0.357 e. The van der Waals surface area contributed by atoms with Crippen LogP contribution in [0.1, 0.15) is 12.0 Å². The molecule has 128 valence electrons. The summed E-state index contributed by atoms with van der Waals surface area (Å²) in [5.41, 5.74) is 0.447. The lowest BCUT2D eigenvalue weighted by molar-refractivity contribution is 0.285. The Morgan fingerprint density at radius 1 is 1.21 bits per heavy atom. The third-order valence-corrected chi connectivity index (χ3v) is 4.48. The minimum absolute atomic E-state index is 0.290. The molecule has 0 unspecified atom stereocenters. The van der Waals surface area contributed by atoms with Crippen LogP contribution in [-0.4, -0.2) is 45.6 Å². The fourth-order valence-corrected chi connectivity index (χ4v) is 2.95. The Labute approximate surface area is 144 Å². The average Bonchev–Trinajstić information content (AvgIpc) is 2.80. The summed E-state index contributed by atoms with van der Waals surface area (Å²) in [4.78, 5) is 34.9. The van der Waals surface area contributed by atoms with Gasteiger partial charge in [-0.2, -0.15) is 0 Å². The predicted octanol–water partition coefficient (Wildman–Crippen LogP) is 0.834. The van der Waals surface area contributed by atoms with Crippen LogP contribution in [0.4, 0.5) is 5.82 Å². The van der Waals surface area contributed by atoms with E-state index in [0.717, 1.165) is 49.3 Å². The van der Waals surface area contributed by atoms with Crippen molar-refractivity contribution in [3.63, 3.8) is 0 Å². The number of nitrogens with one attached hydrogen (secondary N) is 1. The number of H-pyrrole nitrogens is 1. The first-order chi connectivity index (χ1) is 11.5. The molecule has 1 saturated heterocycles. The first-order valence-corrected chi connectivity index (χ1v) is 8.29. The van der Waals surface area contributed by atoms with Gasteiger partial charge in [0.1, 0.15) is 11.0 Å². The highest BCUT2D eigenvalue weighted by atomic mass is 35.5. The van der Waals surface area contributed by atoms with Crippen LogP contribution in [-0.2, 0) is 13.6 Å². The fraction of sp³-hybridized carbons (Fsp3) is 0.438. The van der Waals surface area contributed by atoms with Crippen LogP contribution >= 0.6 is 11.6 Å². The van der Waals surface area contributed by atoms with Crippen molar-refractivity contribution >= 4 is 17.4 Å². The number of aromatic amines is 1. The fourth-order valence-electron chi connectivity index (χ4n) is 2.84. The Hall–Kier alpha value is -2.12. The second kappa shape index (κ2) is 7.19. The van der Waals surface area contributed by atoms with Gasteiger partial charge in [-0.1, -0.05) is 17.7 Å². The van der Waals surface area contributed by atoms with E-state index in [-0.39, 0.29) is 11.2 Å². The molecule has 1 fully saturated rings. The molecule has 1 N–H and O–H groups in total. The second-order valence-electron chi connectivity index (χ2n) is 5.96. The molecule has 3 heterocycles. The standard InChI is InChI=1S/C16H20ClN5O2/c1-20-15(23)9-14(19-16(20)24)22-6-2-5-21(7-8-22)11-12-3-4-13(17)18-10-12/h3-4,9-10H,2,5-8,11H2,1H3,(H,19,24). The first kappa shape index (κ1) is 16.7. The Kier molecular flexibility index (Phi) is 5.01. The average molecular weight is 350 g/mol. The number of anilines is 1. The molecular weight excluding hydrogens is 330 g/mol. The summed E-state index contributed by atoms with van der Waals surface area (Å²) in [6, 6.07) is 5.27. The monoisotopic (exact) mass is 349 g/mol. The largest absolute Gasteiger partial charge is 0.357 e. The van der Waals surface area contributed by atoms with Crippen molar-refractivity contribution in [1.29, 1.82) is 0 Å². The van der Waals surface area contributed by atoms with E-state index in [1.165, 1.54) is 13.1 Å². The molecule has 1 aliphatic heterocycles. The van der Waals surface area contributed by atoms with Gasteiger partial charge in [-0.3, -0.25) is 19.2 Å². The van der Waals surface area contributed by atoms with Gasteiger partial charge in [0.2, 0.25) is 0 Å². The molecule has 2 aromatic heterocycles. The maximum atomic E-state index is 11.8. The molecule has 7 nitrogen and oxygen atoms in total. The lowest BCUT2D eigenvalue weighted by Crippen LogP contribution is -2.37. The molecule has 0 spiro atoms. The van der Waals surface area contributed by atoms with E-state index in [2.05, 4.69) is 19.8 Å². The number of aromatic nitrogens is 3. The van der Waals surface area contributed by atoms with E-state index in [4.69, 9.17) is 11.6 Å². The van der Waals surface area contributed by atoms with Crippen LogP contribution in [0.5, 0.6) is 0 Å². The van der Waals surface area contributed by atoms with Gasteiger partial charge in [0.05, 0.1) is 0 Å². The van der Waals surface area contributed by atoms with Crippen LogP contribution in [0.25, 0.3) is 0 Å². The number of rotatable bonds is 3. The SMILES string of the molecule is Cn1c(=O)cc(N2CCCN(Cc3ccc(Cl)nc3)CC2)[nH]c1=O. The van der Waals surface area contributed by atoms with E-state index in [1.807, 2.05) is 6.07 Å². The summed E-state index contributed by atoms with van der Waals surface area (Å²) >= 11 is 5.82. The van der Waals surface area contributed by atoms with Crippen LogP contribution in [0.2, 0.25) is 5.15 Å². The van der Waals surface area contributed by atoms with Gasteiger partial charge in [-0.15, -0.1) is 0 Å². The molecule has 0 aliphatic carbocycles. The zero-order valence-electron chi connectivity index (χ0n) is 13.5. The molecule has 3 rings (SSSR count). The molecule has 0 aromatic carbocycles. The van der Waals surface area contributed by atoms with Gasteiger partial charge < -0.3 is 4.90 Å². The van der Waals surface area contributed by atoms with Gasteiger partial charge in [0.25, 0.3) is 5.56 Å². The van der Waals surface area contributed by atoms with Crippen molar-refractivity contribution in [1.82, 2.24) is 19.4 Å².